The van der Waals surface area contributed by atoms with Crippen molar-refractivity contribution in [2.24, 2.45) is 0 Å². The molecule has 0 bridgehead atoms. The number of hydrogen-bond donors (Lipinski definition) is 0. The predicted octanol–water partition coefficient (Wildman–Crippen LogP) is 2.54. The summed E-state index contributed by atoms with van der Waals surface area (Å²) in [4.78, 5) is 4.30. The van der Waals surface area contributed by atoms with Crippen LogP contribution in [0.1, 0.15) is 11.1 Å². The molecule has 0 aliphatic rings. The Balaban J connectivity index is 2.52. The predicted molar refractivity (Wildman–Crippen MR) is 55.8 cm³/mol. The summed E-state index contributed by atoms with van der Waals surface area (Å²) in [7, 11) is 0. The van der Waals surface area contributed by atoms with E-state index in [-0.39, 0.29) is 0 Å². The van der Waals surface area contributed by atoms with Gasteiger partial charge in [0, 0.05) is 6.20 Å². The van der Waals surface area contributed by atoms with Gasteiger partial charge < -0.3 is 0 Å². The molecule has 14 heavy (non-hydrogen) atoms. The van der Waals surface area contributed by atoms with Crippen LogP contribution in [0.3, 0.4) is 0 Å². The zero-order valence-corrected chi connectivity index (χ0v) is 8.78. The average Bonchev–Trinajstić information content (AvgIpc) is 2.51. The normalized spacial score (nSPS) is 10.5. The van der Waals surface area contributed by atoms with Gasteiger partial charge in [0.2, 0.25) is 0 Å². The monoisotopic (exact) mass is 207 g/mol. The second-order valence-electron chi connectivity index (χ2n) is 3.26. The van der Waals surface area contributed by atoms with Crippen molar-refractivity contribution in [1.82, 2.24) is 14.8 Å². The molecule has 0 aromatic carbocycles. The summed E-state index contributed by atoms with van der Waals surface area (Å²) >= 11 is 5.78. The SMILES string of the molecule is Cc1cnc(-n2cc(Cl)cn2)c(C)c1. The fraction of sp³-hybridized carbons (Fsp3) is 0.200. The van der Waals surface area contributed by atoms with Crippen LogP contribution in [0.2, 0.25) is 5.02 Å². The molecule has 2 rings (SSSR count). The van der Waals surface area contributed by atoms with E-state index in [2.05, 4.69) is 16.1 Å². The number of aromatic nitrogens is 3. The second-order valence-corrected chi connectivity index (χ2v) is 3.69. The van der Waals surface area contributed by atoms with E-state index in [9.17, 15) is 0 Å². The van der Waals surface area contributed by atoms with Crippen LogP contribution in [0.5, 0.6) is 0 Å². The lowest BCUT2D eigenvalue weighted by molar-refractivity contribution is 0.836. The third kappa shape index (κ3) is 1.63. The Labute approximate surface area is 87.3 Å². The molecule has 0 amide bonds. The molecule has 0 atom stereocenters. The van der Waals surface area contributed by atoms with E-state index >= 15 is 0 Å². The van der Waals surface area contributed by atoms with Gasteiger partial charge in [-0.15, -0.1) is 0 Å². The zero-order chi connectivity index (χ0) is 10.1. The number of halogens is 1. The standard InChI is InChI=1S/C10H10ClN3/c1-7-3-8(2)10(12-4-7)14-6-9(11)5-13-14/h3-6H,1-2H3. The first-order chi connectivity index (χ1) is 6.66. The van der Waals surface area contributed by atoms with Crippen LogP contribution in [0.4, 0.5) is 0 Å². The van der Waals surface area contributed by atoms with Crippen LogP contribution in [-0.4, -0.2) is 14.8 Å². The van der Waals surface area contributed by atoms with E-state index in [0.717, 1.165) is 16.9 Å². The molecule has 0 saturated heterocycles. The van der Waals surface area contributed by atoms with Crippen LogP contribution >= 0.6 is 11.6 Å². The van der Waals surface area contributed by atoms with E-state index in [0.29, 0.717) is 5.02 Å². The maximum Gasteiger partial charge on any atom is 0.156 e. The summed E-state index contributed by atoms with van der Waals surface area (Å²) in [5.41, 5.74) is 2.23. The van der Waals surface area contributed by atoms with Gasteiger partial charge in [-0.3, -0.25) is 0 Å². The van der Waals surface area contributed by atoms with E-state index < -0.39 is 0 Å². The summed E-state index contributed by atoms with van der Waals surface area (Å²) in [5.74, 6) is 0.822. The minimum absolute atomic E-state index is 0.617. The molecule has 0 fully saturated rings. The Morgan fingerprint density at radius 3 is 2.64 bits per heavy atom. The van der Waals surface area contributed by atoms with Gasteiger partial charge in [0.25, 0.3) is 0 Å². The van der Waals surface area contributed by atoms with Crippen LogP contribution < -0.4 is 0 Å². The maximum absolute atomic E-state index is 5.78. The minimum atomic E-state index is 0.617. The smallest absolute Gasteiger partial charge is 0.156 e. The van der Waals surface area contributed by atoms with Crippen molar-refractivity contribution in [3.8, 4) is 5.82 Å². The maximum atomic E-state index is 5.78. The topological polar surface area (TPSA) is 30.7 Å². The fourth-order valence-corrected chi connectivity index (χ4v) is 1.50. The van der Waals surface area contributed by atoms with Gasteiger partial charge in [0.1, 0.15) is 0 Å². The summed E-state index contributed by atoms with van der Waals surface area (Å²) in [5, 5.41) is 4.72. The molecule has 4 heteroatoms. The molecule has 0 saturated carbocycles. The lowest BCUT2D eigenvalue weighted by Crippen LogP contribution is -2.00. The van der Waals surface area contributed by atoms with Crippen molar-refractivity contribution in [3.05, 3.63) is 40.8 Å². The Morgan fingerprint density at radius 1 is 1.29 bits per heavy atom. The van der Waals surface area contributed by atoms with Crippen molar-refractivity contribution in [2.75, 3.05) is 0 Å². The molecular formula is C10H10ClN3. The number of rotatable bonds is 1. The Hall–Kier alpha value is -1.35. The van der Waals surface area contributed by atoms with E-state index in [1.807, 2.05) is 20.0 Å². The second kappa shape index (κ2) is 3.42. The molecular weight excluding hydrogens is 198 g/mol. The molecule has 0 N–H and O–H groups in total. The highest BCUT2D eigenvalue weighted by molar-refractivity contribution is 6.30. The molecule has 2 aromatic heterocycles. The Bertz CT molecular complexity index is 462. The highest BCUT2D eigenvalue weighted by Crippen LogP contribution is 2.14. The molecule has 0 unspecified atom stereocenters. The third-order valence-electron chi connectivity index (χ3n) is 1.96. The van der Waals surface area contributed by atoms with Crippen LogP contribution in [0.25, 0.3) is 5.82 Å². The summed E-state index contributed by atoms with van der Waals surface area (Å²) in [6, 6.07) is 2.07. The van der Waals surface area contributed by atoms with Gasteiger partial charge in [-0.1, -0.05) is 17.7 Å². The minimum Gasteiger partial charge on any atom is -0.237 e. The Morgan fingerprint density at radius 2 is 2.07 bits per heavy atom. The quantitative estimate of drug-likeness (QED) is 0.720. The number of aryl methyl sites for hydroxylation is 2. The molecule has 2 aromatic rings. The van der Waals surface area contributed by atoms with Crippen LogP contribution in [0.15, 0.2) is 24.7 Å². The van der Waals surface area contributed by atoms with Gasteiger partial charge in [0.05, 0.1) is 17.4 Å². The molecule has 3 nitrogen and oxygen atoms in total. The van der Waals surface area contributed by atoms with Crippen LogP contribution in [-0.2, 0) is 0 Å². The molecule has 0 aliphatic heterocycles. The van der Waals surface area contributed by atoms with Crippen molar-refractivity contribution >= 4 is 11.6 Å². The highest BCUT2D eigenvalue weighted by Gasteiger charge is 2.03. The molecule has 0 radical (unpaired) electrons. The van der Waals surface area contributed by atoms with E-state index in [1.165, 1.54) is 0 Å². The fourth-order valence-electron chi connectivity index (χ4n) is 1.36. The number of pyridine rings is 1. The van der Waals surface area contributed by atoms with Gasteiger partial charge in [-0.05, 0) is 25.0 Å². The lowest BCUT2D eigenvalue weighted by atomic mass is 10.2. The van der Waals surface area contributed by atoms with Crippen molar-refractivity contribution in [3.63, 3.8) is 0 Å². The average molecular weight is 208 g/mol. The van der Waals surface area contributed by atoms with Crippen molar-refractivity contribution in [1.29, 1.82) is 0 Å². The first-order valence-electron chi connectivity index (χ1n) is 4.30. The van der Waals surface area contributed by atoms with Crippen molar-refractivity contribution < 1.29 is 0 Å². The Kier molecular flexibility index (Phi) is 2.25. The van der Waals surface area contributed by atoms with Gasteiger partial charge in [-0.25, -0.2) is 9.67 Å². The molecule has 0 spiro atoms. The lowest BCUT2D eigenvalue weighted by Gasteiger charge is -2.04. The van der Waals surface area contributed by atoms with Crippen molar-refractivity contribution in [2.45, 2.75) is 13.8 Å². The highest BCUT2D eigenvalue weighted by atomic mass is 35.5. The molecule has 0 aliphatic carbocycles. The molecule has 72 valence electrons. The number of nitrogens with zero attached hydrogens (tertiary/aromatic N) is 3. The zero-order valence-electron chi connectivity index (χ0n) is 8.03. The largest absolute Gasteiger partial charge is 0.237 e. The van der Waals surface area contributed by atoms with Gasteiger partial charge in [0.15, 0.2) is 5.82 Å². The number of hydrogen-bond acceptors (Lipinski definition) is 2. The first-order valence-corrected chi connectivity index (χ1v) is 4.68. The van der Waals surface area contributed by atoms with E-state index in [1.54, 1.807) is 17.1 Å². The van der Waals surface area contributed by atoms with Crippen LogP contribution in [0, 0.1) is 13.8 Å². The summed E-state index contributed by atoms with van der Waals surface area (Å²) < 4.78 is 1.68. The van der Waals surface area contributed by atoms with E-state index in [4.69, 9.17) is 11.6 Å². The molecule has 2 heterocycles. The van der Waals surface area contributed by atoms with Gasteiger partial charge >= 0.3 is 0 Å². The summed E-state index contributed by atoms with van der Waals surface area (Å²) in [6.45, 7) is 4.02. The first kappa shape index (κ1) is 9.21. The van der Waals surface area contributed by atoms with Gasteiger partial charge in [-0.2, -0.15) is 5.10 Å². The summed E-state index contributed by atoms with van der Waals surface area (Å²) in [6.07, 6.45) is 5.16. The third-order valence-corrected chi connectivity index (χ3v) is 2.15.